The zero-order valence-electron chi connectivity index (χ0n) is 13.6. The highest BCUT2D eigenvalue weighted by Gasteiger charge is 2.25. The van der Waals surface area contributed by atoms with E-state index in [1.165, 1.54) is 6.07 Å². The summed E-state index contributed by atoms with van der Waals surface area (Å²) in [6.07, 6.45) is -0.244. The molecule has 0 N–H and O–H groups in total. The van der Waals surface area contributed by atoms with Crippen molar-refractivity contribution < 1.29 is 18.0 Å². The average Bonchev–Trinajstić information content (AvgIpc) is 3.08. The minimum absolute atomic E-state index is 0.237. The van der Waals surface area contributed by atoms with E-state index in [4.69, 9.17) is 0 Å². The van der Waals surface area contributed by atoms with E-state index in [1.807, 2.05) is 4.90 Å². The molecule has 1 aromatic rings. The highest BCUT2D eigenvalue weighted by Crippen LogP contribution is 2.25. The standard InChI is InChI=1S/C17H22F3N3O/c18-14-11-13(3-4-15(14)22-5-1-2-6-22)17(24)23-9-7-21(8-10-23)12-16(19)20/h3-4,11,16H,1-2,5-10,12H2. The maximum absolute atomic E-state index is 14.3. The molecule has 0 aromatic heterocycles. The number of rotatable bonds is 4. The Hall–Kier alpha value is -1.76. The Morgan fingerprint density at radius 1 is 1.04 bits per heavy atom. The summed E-state index contributed by atoms with van der Waals surface area (Å²) < 4.78 is 39.1. The van der Waals surface area contributed by atoms with E-state index in [0.717, 1.165) is 25.9 Å². The smallest absolute Gasteiger partial charge is 0.254 e. The van der Waals surface area contributed by atoms with Crippen molar-refractivity contribution >= 4 is 11.6 Å². The van der Waals surface area contributed by atoms with Gasteiger partial charge in [-0.25, -0.2) is 13.2 Å². The van der Waals surface area contributed by atoms with Crippen LogP contribution in [0.4, 0.5) is 18.9 Å². The van der Waals surface area contributed by atoms with Crippen LogP contribution >= 0.6 is 0 Å². The fraction of sp³-hybridized carbons (Fsp3) is 0.588. The zero-order valence-corrected chi connectivity index (χ0v) is 13.6. The molecule has 2 saturated heterocycles. The molecule has 0 bridgehead atoms. The van der Waals surface area contributed by atoms with Gasteiger partial charge in [0.05, 0.1) is 12.2 Å². The number of amides is 1. The van der Waals surface area contributed by atoms with Gasteiger partial charge in [0.2, 0.25) is 0 Å². The molecule has 0 atom stereocenters. The van der Waals surface area contributed by atoms with Crippen LogP contribution in [-0.4, -0.2) is 67.9 Å². The van der Waals surface area contributed by atoms with Gasteiger partial charge in [-0.05, 0) is 31.0 Å². The number of anilines is 1. The molecule has 132 valence electrons. The SMILES string of the molecule is O=C(c1ccc(N2CCCC2)c(F)c1)N1CCN(CC(F)F)CC1. The van der Waals surface area contributed by atoms with Crippen LogP contribution in [0, 0.1) is 5.82 Å². The molecule has 1 aromatic carbocycles. The quantitative estimate of drug-likeness (QED) is 0.842. The van der Waals surface area contributed by atoms with Gasteiger partial charge in [0.1, 0.15) is 5.82 Å². The molecule has 0 aliphatic carbocycles. The molecular weight excluding hydrogens is 319 g/mol. The first-order valence-electron chi connectivity index (χ1n) is 8.39. The summed E-state index contributed by atoms with van der Waals surface area (Å²) in [6, 6.07) is 4.62. The predicted octanol–water partition coefficient (Wildman–Crippen LogP) is 2.45. The van der Waals surface area contributed by atoms with Gasteiger partial charge < -0.3 is 9.80 Å². The van der Waals surface area contributed by atoms with Gasteiger partial charge in [-0.1, -0.05) is 0 Å². The first-order chi connectivity index (χ1) is 11.5. The van der Waals surface area contributed by atoms with Crippen LogP contribution in [0.3, 0.4) is 0 Å². The number of carbonyl (C=O) groups excluding carboxylic acids is 1. The largest absolute Gasteiger partial charge is 0.369 e. The number of hydrogen-bond donors (Lipinski definition) is 0. The molecule has 4 nitrogen and oxygen atoms in total. The van der Waals surface area contributed by atoms with Crippen LogP contribution < -0.4 is 4.90 Å². The third-order valence-corrected chi connectivity index (χ3v) is 4.70. The molecule has 0 saturated carbocycles. The lowest BCUT2D eigenvalue weighted by atomic mass is 10.1. The van der Waals surface area contributed by atoms with Crippen molar-refractivity contribution in [3.05, 3.63) is 29.6 Å². The van der Waals surface area contributed by atoms with Gasteiger partial charge in [-0.15, -0.1) is 0 Å². The van der Waals surface area contributed by atoms with Crippen molar-refractivity contribution in [3.8, 4) is 0 Å². The second-order valence-corrected chi connectivity index (χ2v) is 6.34. The molecule has 1 amide bonds. The number of alkyl halides is 2. The van der Waals surface area contributed by atoms with Gasteiger partial charge in [0.25, 0.3) is 12.3 Å². The Kier molecular flexibility index (Phi) is 5.28. The van der Waals surface area contributed by atoms with E-state index >= 15 is 0 Å². The van der Waals surface area contributed by atoms with E-state index in [2.05, 4.69) is 0 Å². The molecule has 2 aliphatic rings. The summed E-state index contributed by atoms with van der Waals surface area (Å²) in [5.41, 5.74) is 0.864. The van der Waals surface area contributed by atoms with Gasteiger partial charge >= 0.3 is 0 Å². The minimum atomic E-state index is -2.36. The lowest BCUT2D eigenvalue weighted by Gasteiger charge is -2.34. The Balaban J connectivity index is 1.62. The number of piperazine rings is 1. The summed E-state index contributed by atoms with van der Waals surface area (Å²) in [4.78, 5) is 17.7. The lowest BCUT2D eigenvalue weighted by molar-refractivity contribution is 0.0458. The zero-order chi connectivity index (χ0) is 17.1. The second kappa shape index (κ2) is 7.42. The Morgan fingerprint density at radius 2 is 1.71 bits per heavy atom. The van der Waals surface area contributed by atoms with Crippen molar-refractivity contribution in [3.63, 3.8) is 0 Å². The third-order valence-electron chi connectivity index (χ3n) is 4.70. The molecular formula is C17H22F3N3O. The molecule has 0 radical (unpaired) electrons. The Labute approximate surface area is 139 Å². The van der Waals surface area contributed by atoms with Crippen molar-refractivity contribution in [1.82, 2.24) is 9.80 Å². The van der Waals surface area contributed by atoms with Crippen LogP contribution in [-0.2, 0) is 0 Å². The number of halogens is 3. The van der Waals surface area contributed by atoms with Crippen LogP contribution in [0.5, 0.6) is 0 Å². The molecule has 2 aliphatic heterocycles. The van der Waals surface area contributed by atoms with Crippen LogP contribution in [0.1, 0.15) is 23.2 Å². The van der Waals surface area contributed by atoms with Crippen LogP contribution in [0.15, 0.2) is 18.2 Å². The number of carbonyl (C=O) groups is 1. The van der Waals surface area contributed by atoms with Crippen molar-refractivity contribution in [2.45, 2.75) is 19.3 Å². The molecule has 7 heteroatoms. The van der Waals surface area contributed by atoms with E-state index in [1.54, 1.807) is 21.9 Å². The topological polar surface area (TPSA) is 26.8 Å². The van der Waals surface area contributed by atoms with Gasteiger partial charge in [0, 0.05) is 44.8 Å². The molecule has 2 heterocycles. The molecule has 0 unspecified atom stereocenters. The van der Waals surface area contributed by atoms with Gasteiger partial charge in [0.15, 0.2) is 0 Å². The van der Waals surface area contributed by atoms with Crippen LogP contribution in [0.2, 0.25) is 0 Å². The van der Waals surface area contributed by atoms with E-state index in [0.29, 0.717) is 37.4 Å². The molecule has 2 fully saturated rings. The fourth-order valence-corrected chi connectivity index (χ4v) is 3.37. The van der Waals surface area contributed by atoms with E-state index in [-0.39, 0.29) is 18.3 Å². The predicted molar refractivity (Wildman–Crippen MR) is 86.2 cm³/mol. The highest BCUT2D eigenvalue weighted by molar-refractivity contribution is 5.94. The average molecular weight is 341 g/mol. The maximum Gasteiger partial charge on any atom is 0.254 e. The van der Waals surface area contributed by atoms with Crippen molar-refractivity contribution in [2.24, 2.45) is 0 Å². The summed E-state index contributed by atoms with van der Waals surface area (Å²) in [7, 11) is 0. The van der Waals surface area contributed by atoms with Crippen LogP contribution in [0.25, 0.3) is 0 Å². The van der Waals surface area contributed by atoms with Crippen molar-refractivity contribution in [1.29, 1.82) is 0 Å². The summed E-state index contributed by atoms with van der Waals surface area (Å²) in [6.45, 7) is 3.05. The van der Waals surface area contributed by atoms with Crippen molar-refractivity contribution in [2.75, 3.05) is 50.7 Å². The molecule has 0 spiro atoms. The Bertz CT molecular complexity index is 582. The normalized spacial score (nSPS) is 19.3. The monoisotopic (exact) mass is 341 g/mol. The second-order valence-electron chi connectivity index (χ2n) is 6.34. The highest BCUT2D eigenvalue weighted by atomic mass is 19.3. The first kappa shape index (κ1) is 17.1. The molecule has 24 heavy (non-hydrogen) atoms. The van der Waals surface area contributed by atoms with Gasteiger partial charge in [-0.2, -0.15) is 0 Å². The first-order valence-corrected chi connectivity index (χ1v) is 8.39. The minimum Gasteiger partial charge on any atom is -0.369 e. The van der Waals surface area contributed by atoms with E-state index in [9.17, 15) is 18.0 Å². The number of benzene rings is 1. The maximum atomic E-state index is 14.3. The van der Waals surface area contributed by atoms with Gasteiger partial charge in [-0.3, -0.25) is 9.69 Å². The summed E-state index contributed by atoms with van der Waals surface area (Å²) >= 11 is 0. The fourth-order valence-electron chi connectivity index (χ4n) is 3.37. The Morgan fingerprint density at radius 3 is 2.29 bits per heavy atom. The lowest BCUT2D eigenvalue weighted by Crippen LogP contribution is -2.49. The molecule has 3 rings (SSSR count). The summed E-state index contributed by atoms with van der Waals surface area (Å²) in [5, 5.41) is 0. The summed E-state index contributed by atoms with van der Waals surface area (Å²) in [5.74, 6) is -0.613. The number of nitrogens with zero attached hydrogens (tertiary/aromatic N) is 3. The van der Waals surface area contributed by atoms with E-state index < -0.39 is 6.43 Å². The number of hydrogen-bond acceptors (Lipinski definition) is 3. The third kappa shape index (κ3) is 3.83.